The van der Waals surface area contributed by atoms with Crippen molar-refractivity contribution < 1.29 is 4.92 Å². The van der Waals surface area contributed by atoms with Crippen LogP contribution in [-0.4, -0.2) is 20.6 Å². The molecule has 22 heavy (non-hydrogen) atoms. The molecular weight excluding hydrogens is 282 g/mol. The summed E-state index contributed by atoms with van der Waals surface area (Å²) in [5.41, 5.74) is 1.61. The molecule has 1 N–H and O–H groups in total. The lowest BCUT2D eigenvalue weighted by atomic mass is 9.85. The third kappa shape index (κ3) is 2.48. The lowest BCUT2D eigenvalue weighted by molar-refractivity contribution is -0.384. The smallest absolute Gasteiger partial charge is 0.289 e. The Morgan fingerprint density at radius 1 is 1.50 bits per heavy atom. The van der Waals surface area contributed by atoms with E-state index in [1.165, 1.54) is 29.4 Å². The van der Waals surface area contributed by atoms with Crippen molar-refractivity contribution in [2.24, 2.45) is 5.92 Å². The number of nitro groups is 1. The lowest BCUT2D eigenvalue weighted by Crippen LogP contribution is -2.30. The van der Waals surface area contributed by atoms with E-state index >= 15 is 0 Å². The molecule has 2 aromatic heterocycles. The maximum absolute atomic E-state index is 11.0. The lowest BCUT2D eigenvalue weighted by Gasteiger charge is -2.30. The molecule has 114 valence electrons. The molecule has 1 saturated carbocycles. The standard InChI is InChI=1S/C15H17N5O2/c1-10-4-2-3-5-13(10)18-15-11(7-16)8-17-19-9-12(20(21)22)6-14(15)19/h6,8-10,13,18H,2-5H2,1H3/t10-,13+/m1/s1. The fourth-order valence-corrected chi connectivity index (χ4v) is 3.10. The number of anilines is 1. The molecule has 1 aliphatic rings. The molecule has 1 fully saturated rings. The van der Waals surface area contributed by atoms with Gasteiger partial charge in [0.2, 0.25) is 0 Å². The molecule has 0 unspecified atom stereocenters. The van der Waals surface area contributed by atoms with Gasteiger partial charge in [0.15, 0.2) is 0 Å². The van der Waals surface area contributed by atoms with Crippen LogP contribution in [0.15, 0.2) is 18.5 Å². The normalized spacial score (nSPS) is 21.5. The summed E-state index contributed by atoms with van der Waals surface area (Å²) in [5, 5.41) is 27.8. The Kier molecular flexibility index (Phi) is 3.67. The van der Waals surface area contributed by atoms with Crippen molar-refractivity contribution in [2.75, 3.05) is 5.32 Å². The summed E-state index contributed by atoms with van der Waals surface area (Å²) >= 11 is 0. The van der Waals surface area contributed by atoms with E-state index in [0.717, 1.165) is 19.3 Å². The first-order valence-electron chi connectivity index (χ1n) is 7.42. The van der Waals surface area contributed by atoms with Gasteiger partial charge in [-0.2, -0.15) is 10.4 Å². The van der Waals surface area contributed by atoms with Gasteiger partial charge in [0.25, 0.3) is 5.69 Å². The second kappa shape index (κ2) is 5.64. The van der Waals surface area contributed by atoms with Crippen molar-refractivity contribution in [3.8, 4) is 6.07 Å². The SMILES string of the molecule is C[C@@H]1CCCC[C@@H]1Nc1c(C#N)cnn2cc([N+](=O)[O-])cc12. The summed E-state index contributed by atoms with van der Waals surface area (Å²) in [6.07, 6.45) is 7.41. The molecule has 3 rings (SSSR count). The molecule has 0 aromatic carbocycles. The molecule has 0 amide bonds. The highest BCUT2D eigenvalue weighted by atomic mass is 16.6. The van der Waals surface area contributed by atoms with Crippen LogP contribution in [0, 0.1) is 27.4 Å². The van der Waals surface area contributed by atoms with Gasteiger partial charge in [-0.05, 0) is 18.8 Å². The van der Waals surface area contributed by atoms with E-state index in [0.29, 0.717) is 22.7 Å². The van der Waals surface area contributed by atoms with Crippen LogP contribution in [0.1, 0.15) is 38.2 Å². The Morgan fingerprint density at radius 3 is 2.95 bits per heavy atom. The van der Waals surface area contributed by atoms with Gasteiger partial charge in [0.05, 0.1) is 27.9 Å². The Hall–Kier alpha value is -2.62. The number of fused-ring (bicyclic) bond motifs is 1. The van der Waals surface area contributed by atoms with E-state index in [9.17, 15) is 15.4 Å². The first kappa shape index (κ1) is 14.3. The Bertz CT molecular complexity index is 761. The molecule has 0 saturated heterocycles. The molecule has 1 aliphatic carbocycles. The average Bonchev–Trinajstić information content (AvgIpc) is 2.94. The molecule has 7 nitrogen and oxygen atoms in total. The number of rotatable bonds is 3. The van der Waals surface area contributed by atoms with Gasteiger partial charge >= 0.3 is 0 Å². The van der Waals surface area contributed by atoms with Crippen molar-refractivity contribution in [3.05, 3.63) is 34.1 Å². The Labute approximate surface area is 127 Å². The van der Waals surface area contributed by atoms with Crippen LogP contribution in [0.2, 0.25) is 0 Å². The summed E-state index contributed by atoms with van der Waals surface area (Å²) in [5.74, 6) is 0.512. The average molecular weight is 299 g/mol. The zero-order valence-corrected chi connectivity index (χ0v) is 12.3. The molecule has 0 radical (unpaired) electrons. The van der Waals surface area contributed by atoms with Crippen molar-refractivity contribution in [2.45, 2.75) is 38.6 Å². The summed E-state index contributed by atoms with van der Waals surface area (Å²) in [7, 11) is 0. The Balaban J connectivity index is 2.05. The van der Waals surface area contributed by atoms with Gasteiger partial charge in [-0.1, -0.05) is 19.8 Å². The number of nitrogens with one attached hydrogen (secondary N) is 1. The van der Waals surface area contributed by atoms with Crippen LogP contribution in [0.5, 0.6) is 0 Å². The summed E-state index contributed by atoms with van der Waals surface area (Å²) < 4.78 is 1.45. The molecule has 0 spiro atoms. The van der Waals surface area contributed by atoms with Gasteiger partial charge in [0.1, 0.15) is 12.3 Å². The molecule has 2 aromatic rings. The van der Waals surface area contributed by atoms with Gasteiger partial charge in [-0.15, -0.1) is 0 Å². The monoisotopic (exact) mass is 299 g/mol. The summed E-state index contributed by atoms with van der Waals surface area (Å²) in [4.78, 5) is 10.5. The fraction of sp³-hybridized carbons (Fsp3) is 0.467. The summed E-state index contributed by atoms with van der Waals surface area (Å²) in [6, 6.07) is 3.86. The highest BCUT2D eigenvalue weighted by Crippen LogP contribution is 2.31. The summed E-state index contributed by atoms with van der Waals surface area (Å²) in [6.45, 7) is 2.20. The number of hydrogen-bond donors (Lipinski definition) is 1. The van der Waals surface area contributed by atoms with E-state index in [-0.39, 0.29) is 11.7 Å². The van der Waals surface area contributed by atoms with Crippen molar-refractivity contribution in [1.82, 2.24) is 9.61 Å². The second-order valence-corrected chi connectivity index (χ2v) is 5.84. The highest BCUT2D eigenvalue weighted by Gasteiger charge is 2.24. The Morgan fingerprint density at radius 2 is 2.27 bits per heavy atom. The van der Waals surface area contributed by atoms with Crippen molar-refractivity contribution >= 4 is 16.9 Å². The van der Waals surface area contributed by atoms with E-state index in [1.807, 2.05) is 0 Å². The number of hydrogen-bond acceptors (Lipinski definition) is 5. The fourth-order valence-electron chi connectivity index (χ4n) is 3.10. The van der Waals surface area contributed by atoms with E-state index in [2.05, 4.69) is 23.4 Å². The third-order valence-corrected chi connectivity index (χ3v) is 4.40. The maximum Gasteiger partial charge on any atom is 0.289 e. The largest absolute Gasteiger partial charge is 0.379 e. The van der Waals surface area contributed by atoms with Crippen LogP contribution in [0.3, 0.4) is 0 Å². The zero-order valence-electron chi connectivity index (χ0n) is 12.3. The van der Waals surface area contributed by atoms with E-state index in [1.54, 1.807) is 0 Å². The first-order valence-corrected chi connectivity index (χ1v) is 7.42. The quantitative estimate of drug-likeness (QED) is 0.694. The molecule has 2 heterocycles. The van der Waals surface area contributed by atoms with Crippen LogP contribution in [0.25, 0.3) is 5.52 Å². The van der Waals surface area contributed by atoms with Gasteiger partial charge in [-0.25, -0.2) is 4.52 Å². The van der Waals surface area contributed by atoms with Crippen molar-refractivity contribution in [1.29, 1.82) is 5.26 Å². The van der Waals surface area contributed by atoms with Crippen LogP contribution in [-0.2, 0) is 0 Å². The third-order valence-electron chi connectivity index (χ3n) is 4.40. The first-order chi connectivity index (χ1) is 10.6. The second-order valence-electron chi connectivity index (χ2n) is 5.84. The molecular formula is C15H17N5O2. The molecule has 0 bridgehead atoms. The predicted molar refractivity (Wildman–Crippen MR) is 81.6 cm³/mol. The minimum Gasteiger partial charge on any atom is -0.379 e. The molecule has 2 atom stereocenters. The van der Waals surface area contributed by atoms with Crippen LogP contribution in [0.4, 0.5) is 11.4 Å². The molecule has 7 heteroatoms. The topological polar surface area (TPSA) is 96.3 Å². The minimum absolute atomic E-state index is 0.0256. The van der Waals surface area contributed by atoms with Gasteiger partial charge in [0, 0.05) is 12.1 Å². The number of nitrogens with zero attached hydrogens (tertiary/aromatic N) is 4. The van der Waals surface area contributed by atoms with Crippen LogP contribution >= 0.6 is 0 Å². The van der Waals surface area contributed by atoms with E-state index in [4.69, 9.17) is 0 Å². The van der Waals surface area contributed by atoms with Crippen molar-refractivity contribution in [3.63, 3.8) is 0 Å². The van der Waals surface area contributed by atoms with Gasteiger partial charge in [-0.3, -0.25) is 10.1 Å². The zero-order chi connectivity index (χ0) is 15.7. The van der Waals surface area contributed by atoms with Crippen LogP contribution < -0.4 is 5.32 Å². The number of aromatic nitrogens is 2. The predicted octanol–water partition coefficient (Wildman–Crippen LogP) is 3.10. The highest BCUT2D eigenvalue weighted by molar-refractivity contribution is 5.79. The van der Waals surface area contributed by atoms with E-state index < -0.39 is 4.92 Å². The van der Waals surface area contributed by atoms with Gasteiger partial charge < -0.3 is 5.32 Å². The minimum atomic E-state index is -0.451. The molecule has 0 aliphatic heterocycles. The number of nitriles is 1. The maximum atomic E-state index is 11.0.